The molecule has 18 heavy (non-hydrogen) atoms. The van der Waals surface area contributed by atoms with Crippen LogP contribution in [0.1, 0.15) is 19.8 Å². The molecule has 0 aliphatic rings. The van der Waals surface area contributed by atoms with Crippen molar-refractivity contribution in [2.75, 3.05) is 24.2 Å². The fraction of sp³-hybridized carbons (Fsp3) is 0.636. The van der Waals surface area contributed by atoms with Crippen molar-refractivity contribution in [1.29, 1.82) is 0 Å². The van der Waals surface area contributed by atoms with Gasteiger partial charge in [-0.1, -0.05) is 6.92 Å². The molecule has 1 aromatic rings. The van der Waals surface area contributed by atoms with Gasteiger partial charge in [0.15, 0.2) is 0 Å². The predicted molar refractivity (Wildman–Crippen MR) is 70.8 cm³/mol. The first-order valence-corrected chi connectivity index (χ1v) is 5.98. The van der Waals surface area contributed by atoms with E-state index in [1.54, 1.807) is 0 Å². The molecule has 0 aliphatic carbocycles. The van der Waals surface area contributed by atoms with Crippen LogP contribution in [0.2, 0.25) is 0 Å². The molecule has 0 aromatic carbocycles. The van der Waals surface area contributed by atoms with Crippen LogP contribution in [0.25, 0.3) is 0 Å². The minimum Gasteiger partial charge on any atom is -0.396 e. The topological polar surface area (TPSA) is 102 Å². The number of nitrogens with one attached hydrogen (secondary N) is 1. The molecule has 1 aromatic heterocycles. The van der Waals surface area contributed by atoms with Gasteiger partial charge in [0.25, 0.3) is 5.56 Å². The zero-order valence-corrected chi connectivity index (χ0v) is 10.8. The predicted octanol–water partition coefficient (Wildman–Crippen LogP) is -0.666. The van der Waals surface area contributed by atoms with Gasteiger partial charge in [-0.2, -0.15) is 0 Å². The van der Waals surface area contributed by atoms with Crippen molar-refractivity contribution in [3.8, 4) is 0 Å². The van der Waals surface area contributed by atoms with E-state index in [0.717, 1.165) is 11.0 Å². The molecule has 0 saturated heterocycles. The molecule has 0 spiro atoms. The summed E-state index contributed by atoms with van der Waals surface area (Å²) >= 11 is 0. The molecule has 102 valence electrons. The molecule has 7 nitrogen and oxygen atoms in total. The summed E-state index contributed by atoms with van der Waals surface area (Å²) in [7, 11) is 1.52. The van der Waals surface area contributed by atoms with Gasteiger partial charge in [0.05, 0.1) is 0 Å². The average Bonchev–Trinajstić information content (AvgIpc) is 2.36. The molecule has 1 heterocycles. The maximum absolute atomic E-state index is 12.1. The smallest absolute Gasteiger partial charge is 0.332 e. The standard InChI is InChI=1S/C11H20N4O3/c1-3-5-13-8-9(12)14(2)11(18)15(10(8)17)6-4-7-16/h13,16H,3-7,12H2,1-2H3. The normalized spacial score (nSPS) is 10.6. The minimum absolute atomic E-state index is 0.0717. The lowest BCUT2D eigenvalue weighted by Gasteiger charge is -2.14. The lowest BCUT2D eigenvalue weighted by atomic mass is 10.3. The summed E-state index contributed by atoms with van der Waals surface area (Å²) < 4.78 is 2.32. The molecule has 0 bridgehead atoms. The van der Waals surface area contributed by atoms with Crippen LogP contribution in [0.15, 0.2) is 9.59 Å². The average molecular weight is 256 g/mol. The van der Waals surface area contributed by atoms with E-state index >= 15 is 0 Å². The van der Waals surface area contributed by atoms with E-state index in [0.29, 0.717) is 13.0 Å². The van der Waals surface area contributed by atoms with Crippen molar-refractivity contribution in [2.45, 2.75) is 26.3 Å². The van der Waals surface area contributed by atoms with Gasteiger partial charge in [-0.05, 0) is 12.8 Å². The summed E-state index contributed by atoms with van der Waals surface area (Å²) in [5.74, 6) is 0.138. The Morgan fingerprint density at radius 1 is 1.39 bits per heavy atom. The summed E-state index contributed by atoms with van der Waals surface area (Å²) in [4.78, 5) is 24.0. The number of anilines is 2. The van der Waals surface area contributed by atoms with E-state index < -0.39 is 11.2 Å². The number of nitrogens with zero attached hydrogens (tertiary/aromatic N) is 2. The molecule has 0 radical (unpaired) electrons. The van der Waals surface area contributed by atoms with E-state index in [1.807, 2.05) is 6.92 Å². The lowest BCUT2D eigenvalue weighted by molar-refractivity contribution is 0.277. The number of aliphatic hydroxyl groups is 1. The molecule has 0 aliphatic heterocycles. The van der Waals surface area contributed by atoms with Gasteiger partial charge in [-0.15, -0.1) is 0 Å². The summed E-state index contributed by atoms with van der Waals surface area (Å²) in [5, 5.41) is 11.7. The highest BCUT2D eigenvalue weighted by molar-refractivity contribution is 5.60. The monoisotopic (exact) mass is 256 g/mol. The van der Waals surface area contributed by atoms with E-state index in [1.165, 1.54) is 11.6 Å². The van der Waals surface area contributed by atoms with Crippen LogP contribution in [0.4, 0.5) is 11.5 Å². The summed E-state index contributed by atoms with van der Waals surface area (Å²) in [6, 6.07) is 0. The zero-order valence-electron chi connectivity index (χ0n) is 10.8. The van der Waals surface area contributed by atoms with Crippen LogP contribution in [0.5, 0.6) is 0 Å². The molecule has 0 atom stereocenters. The van der Waals surface area contributed by atoms with E-state index in [-0.39, 0.29) is 24.7 Å². The van der Waals surface area contributed by atoms with Crippen LogP contribution in [0.3, 0.4) is 0 Å². The Bertz CT molecular complexity index is 518. The van der Waals surface area contributed by atoms with Crippen molar-refractivity contribution in [3.63, 3.8) is 0 Å². The van der Waals surface area contributed by atoms with Crippen LogP contribution < -0.4 is 22.3 Å². The number of aliphatic hydroxyl groups excluding tert-OH is 1. The SMILES string of the molecule is CCCNc1c(N)n(C)c(=O)n(CCCO)c1=O. The van der Waals surface area contributed by atoms with Crippen LogP contribution in [-0.2, 0) is 13.6 Å². The lowest BCUT2D eigenvalue weighted by Crippen LogP contribution is -2.41. The van der Waals surface area contributed by atoms with Crippen LogP contribution in [-0.4, -0.2) is 27.4 Å². The van der Waals surface area contributed by atoms with E-state index in [2.05, 4.69) is 5.32 Å². The zero-order chi connectivity index (χ0) is 13.7. The molecule has 7 heteroatoms. The van der Waals surface area contributed by atoms with Crippen molar-refractivity contribution in [3.05, 3.63) is 20.8 Å². The number of hydrogen-bond donors (Lipinski definition) is 3. The molecular weight excluding hydrogens is 236 g/mol. The maximum Gasteiger partial charge on any atom is 0.332 e. The van der Waals surface area contributed by atoms with Gasteiger partial charge in [0.2, 0.25) is 0 Å². The van der Waals surface area contributed by atoms with Crippen molar-refractivity contribution in [1.82, 2.24) is 9.13 Å². The van der Waals surface area contributed by atoms with Crippen molar-refractivity contribution in [2.24, 2.45) is 7.05 Å². The Balaban J connectivity index is 3.30. The molecular formula is C11H20N4O3. The van der Waals surface area contributed by atoms with Crippen molar-refractivity contribution < 1.29 is 5.11 Å². The molecule has 4 N–H and O–H groups in total. The second-order valence-electron chi connectivity index (χ2n) is 4.06. The first kappa shape index (κ1) is 14.3. The summed E-state index contributed by atoms with van der Waals surface area (Å²) in [5.41, 5.74) is 5.11. The number of nitrogens with two attached hydrogens (primary N) is 1. The third-order valence-corrected chi connectivity index (χ3v) is 2.69. The van der Waals surface area contributed by atoms with Gasteiger partial charge in [-0.25, -0.2) is 4.79 Å². The van der Waals surface area contributed by atoms with Crippen LogP contribution >= 0.6 is 0 Å². The Morgan fingerprint density at radius 3 is 2.61 bits per heavy atom. The van der Waals surface area contributed by atoms with Gasteiger partial charge in [-0.3, -0.25) is 13.9 Å². The Hall–Kier alpha value is -1.76. The second kappa shape index (κ2) is 6.25. The fourth-order valence-electron chi connectivity index (χ4n) is 1.63. The Labute approximate surface area is 105 Å². The number of nitrogen functional groups attached to an aromatic ring is 1. The molecule has 0 saturated carbocycles. The third kappa shape index (κ3) is 2.73. The largest absolute Gasteiger partial charge is 0.396 e. The third-order valence-electron chi connectivity index (χ3n) is 2.69. The molecule has 0 amide bonds. The second-order valence-corrected chi connectivity index (χ2v) is 4.06. The van der Waals surface area contributed by atoms with Crippen molar-refractivity contribution >= 4 is 11.5 Å². The maximum atomic E-state index is 12.1. The Morgan fingerprint density at radius 2 is 2.06 bits per heavy atom. The number of hydrogen-bond acceptors (Lipinski definition) is 5. The van der Waals surface area contributed by atoms with Gasteiger partial charge >= 0.3 is 5.69 Å². The first-order valence-electron chi connectivity index (χ1n) is 5.98. The highest BCUT2D eigenvalue weighted by Crippen LogP contribution is 2.09. The quantitative estimate of drug-likeness (QED) is 0.626. The van der Waals surface area contributed by atoms with E-state index in [4.69, 9.17) is 10.8 Å². The Kier molecular flexibility index (Phi) is 4.96. The molecule has 0 unspecified atom stereocenters. The minimum atomic E-state index is -0.465. The fourth-order valence-corrected chi connectivity index (χ4v) is 1.63. The summed E-state index contributed by atoms with van der Waals surface area (Å²) in [6.07, 6.45) is 1.20. The first-order chi connectivity index (χ1) is 8.54. The van der Waals surface area contributed by atoms with Gasteiger partial charge in [0, 0.05) is 26.7 Å². The molecule has 0 fully saturated rings. The highest BCUT2D eigenvalue weighted by atomic mass is 16.3. The molecule has 1 rings (SSSR count). The summed E-state index contributed by atoms with van der Waals surface area (Å²) in [6.45, 7) is 2.69. The van der Waals surface area contributed by atoms with Gasteiger partial charge < -0.3 is 16.2 Å². The highest BCUT2D eigenvalue weighted by Gasteiger charge is 2.14. The van der Waals surface area contributed by atoms with Crippen LogP contribution in [0, 0.1) is 0 Å². The number of aromatic nitrogens is 2. The number of rotatable bonds is 6. The van der Waals surface area contributed by atoms with Gasteiger partial charge in [0.1, 0.15) is 11.5 Å². The van der Waals surface area contributed by atoms with E-state index in [9.17, 15) is 9.59 Å².